The number of hydrogen-bond acceptors (Lipinski definition) is 4. The summed E-state index contributed by atoms with van der Waals surface area (Å²) in [6.45, 7) is 1.62. The fourth-order valence-corrected chi connectivity index (χ4v) is 1.81. The van der Waals surface area contributed by atoms with E-state index in [0.717, 1.165) is 13.1 Å². The molecule has 0 spiro atoms. The molecule has 5 nitrogen and oxygen atoms in total. The molecule has 2 rings (SSSR count). The molecule has 1 heterocycles. The minimum atomic E-state index is -1.02. The normalized spacial score (nSPS) is 22.5. The van der Waals surface area contributed by atoms with Crippen LogP contribution in [-0.4, -0.2) is 36.1 Å². The summed E-state index contributed by atoms with van der Waals surface area (Å²) in [5.74, 6) is -1.17. The van der Waals surface area contributed by atoms with Crippen LogP contribution in [0.2, 0.25) is 0 Å². The second-order valence-corrected chi connectivity index (χ2v) is 3.56. The number of hydrogen-bond donors (Lipinski definition) is 3. The number of carbonyl (C=O) groups is 2. The molecule has 1 aliphatic carbocycles. The van der Waals surface area contributed by atoms with Crippen LogP contribution in [0.15, 0.2) is 23.3 Å². The van der Waals surface area contributed by atoms with Gasteiger partial charge in [0.2, 0.25) is 0 Å². The molecule has 0 unspecified atom stereocenters. The molecule has 0 aromatic carbocycles. The Balaban J connectivity index is 2.31. The Morgan fingerprint density at radius 3 is 2.60 bits per heavy atom. The van der Waals surface area contributed by atoms with Gasteiger partial charge in [0.25, 0.3) is 0 Å². The minimum Gasteiger partial charge on any atom is -0.478 e. The molecule has 1 saturated heterocycles. The van der Waals surface area contributed by atoms with Crippen LogP contribution >= 0.6 is 0 Å². The van der Waals surface area contributed by atoms with Crippen LogP contribution in [0.1, 0.15) is 6.42 Å². The Labute approximate surface area is 86.8 Å². The van der Waals surface area contributed by atoms with Crippen molar-refractivity contribution in [3.8, 4) is 0 Å². The lowest BCUT2D eigenvalue weighted by molar-refractivity contribution is -0.133. The van der Waals surface area contributed by atoms with Crippen molar-refractivity contribution in [2.45, 2.75) is 12.6 Å². The minimum absolute atomic E-state index is 0.0129. The standard InChI is InChI=1S/C10H12N2O3/c13-6-1-2-7(8(5-6)10(14)15)9-11-3-4-12-9/h1-2,9,11-12H,3-5H2,(H,14,15). The lowest BCUT2D eigenvalue weighted by Gasteiger charge is -2.18. The van der Waals surface area contributed by atoms with E-state index in [0.29, 0.717) is 5.57 Å². The van der Waals surface area contributed by atoms with E-state index >= 15 is 0 Å². The van der Waals surface area contributed by atoms with Crippen LogP contribution in [0.5, 0.6) is 0 Å². The van der Waals surface area contributed by atoms with Gasteiger partial charge in [-0.1, -0.05) is 6.08 Å². The van der Waals surface area contributed by atoms with E-state index in [1.807, 2.05) is 0 Å². The van der Waals surface area contributed by atoms with Gasteiger partial charge in [0.15, 0.2) is 5.78 Å². The summed E-state index contributed by atoms with van der Waals surface area (Å²) in [7, 11) is 0. The Hall–Kier alpha value is -1.46. The van der Waals surface area contributed by atoms with Crippen molar-refractivity contribution in [3.05, 3.63) is 23.3 Å². The molecular weight excluding hydrogens is 196 g/mol. The zero-order chi connectivity index (χ0) is 10.8. The van der Waals surface area contributed by atoms with Crippen molar-refractivity contribution in [3.63, 3.8) is 0 Å². The zero-order valence-electron chi connectivity index (χ0n) is 8.12. The van der Waals surface area contributed by atoms with Gasteiger partial charge < -0.3 is 5.11 Å². The summed E-state index contributed by atoms with van der Waals surface area (Å²) in [5, 5.41) is 15.2. The van der Waals surface area contributed by atoms with E-state index in [9.17, 15) is 9.59 Å². The molecule has 0 aromatic rings. The first kappa shape index (κ1) is 10.1. The first-order valence-corrected chi connectivity index (χ1v) is 4.82. The third-order valence-corrected chi connectivity index (χ3v) is 2.54. The van der Waals surface area contributed by atoms with Gasteiger partial charge in [-0.15, -0.1) is 0 Å². The van der Waals surface area contributed by atoms with Crippen LogP contribution in [0.25, 0.3) is 0 Å². The number of carboxylic acid groups (broad SMARTS) is 1. The second kappa shape index (κ2) is 3.96. The van der Waals surface area contributed by atoms with E-state index in [2.05, 4.69) is 10.6 Å². The van der Waals surface area contributed by atoms with E-state index in [1.54, 1.807) is 6.08 Å². The van der Waals surface area contributed by atoms with Crippen molar-refractivity contribution in [1.29, 1.82) is 0 Å². The topological polar surface area (TPSA) is 78.4 Å². The molecule has 0 aromatic heterocycles. The number of carboxylic acids is 1. The second-order valence-electron chi connectivity index (χ2n) is 3.56. The van der Waals surface area contributed by atoms with Crippen LogP contribution < -0.4 is 10.6 Å². The van der Waals surface area contributed by atoms with E-state index in [-0.39, 0.29) is 23.9 Å². The van der Waals surface area contributed by atoms with E-state index < -0.39 is 5.97 Å². The number of allylic oxidation sites excluding steroid dienone is 1. The summed E-state index contributed by atoms with van der Waals surface area (Å²) in [6, 6.07) is 0. The van der Waals surface area contributed by atoms with Crippen molar-refractivity contribution in [2.24, 2.45) is 0 Å². The maximum atomic E-state index is 11.1. The average molecular weight is 208 g/mol. The number of rotatable bonds is 2. The highest BCUT2D eigenvalue weighted by Gasteiger charge is 2.26. The lowest BCUT2D eigenvalue weighted by atomic mass is 9.95. The number of nitrogens with one attached hydrogen (secondary N) is 2. The third-order valence-electron chi connectivity index (χ3n) is 2.54. The van der Waals surface area contributed by atoms with Crippen LogP contribution in [0, 0.1) is 0 Å². The molecule has 5 heteroatoms. The Morgan fingerprint density at radius 1 is 1.33 bits per heavy atom. The van der Waals surface area contributed by atoms with Gasteiger partial charge in [-0.3, -0.25) is 15.4 Å². The fraction of sp³-hybridized carbons (Fsp3) is 0.400. The summed E-state index contributed by atoms with van der Waals surface area (Å²) >= 11 is 0. The summed E-state index contributed by atoms with van der Waals surface area (Å²) in [5.41, 5.74) is 0.856. The monoisotopic (exact) mass is 208 g/mol. The van der Waals surface area contributed by atoms with Gasteiger partial charge >= 0.3 is 5.97 Å². The molecule has 1 fully saturated rings. The first-order valence-electron chi connectivity index (χ1n) is 4.82. The van der Waals surface area contributed by atoms with Crippen molar-refractivity contribution < 1.29 is 14.7 Å². The molecule has 2 aliphatic rings. The van der Waals surface area contributed by atoms with Crippen LogP contribution in [0.4, 0.5) is 0 Å². The predicted molar refractivity (Wildman–Crippen MR) is 53.2 cm³/mol. The first-order chi connectivity index (χ1) is 7.18. The maximum absolute atomic E-state index is 11.1. The summed E-state index contributed by atoms with van der Waals surface area (Å²) in [4.78, 5) is 22.1. The van der Waals surface area contributed by atoms with Crippen molar-refractivity contribution >= 4 is 11.8 Å². The lowest BCUT2D eigenvalue weighted by Crippen LogP contribution is -2.35. The highest BCUT2D eigenvalue weighted by molar-refractivity contribution is 6.02. The molecule has 0 bridgehead atoms. The third kappa shape index (κ3) is 1.98. The molecule has 0 atom stereocenters. The Kier molecular flexibility index (Phi) is 2.66. The van der Waals surface area contributed by atoms with Crippen molar-refractivity contribution in [2.75, 3.05) is 13.1 Å². The molecule has 1 aliphatic heterocycles. The predicted octanol–water partition coefficient (Wildman–Crippen LogP) is -0.584. The van der Waals surface area contributed by atoms with Gasteiger partial charge in [-0.2, -0.15) is 0 Å². The number of aliphatic carboxylic acids is 1. The number of carbonyl (C=O) groups excluding carboxylic acids is 1. The van der Waals surface area contributed by atoms with Crippen LogP contribution in [-0.2, 0) is 9.59 Å². The molecule has 0 radical (unpaired) electrons. The summed E-state index contributed by atoms with van der Waals surface area (Å²) < 4.78 is 0. The molecule has 0 amide bonds. The maximum Gasteiger partial charge on any atom is 0.332 e. The van der Waals surface area contributed by atoms with Gasteiger partial charge in [0.05, 0.1) is 11.7 Å². The van der Waals surface area contributed by atoms with Crippen molar-refractivity contribution in [1.82, 2.24) is 10.6 Å². The van der Waals surface area contributed by atoms with E-state index in [1.165, 1.54) is 6.08 Å². The zero-order valence-corrected chi connectivity index (χ0v) is 8.12. The molecule has 0 saturated carbocycles. The summed E-state index contributed by atoms with van der Waals surface area (Å²) in [6.07, 6.45) is 2.87. The Bertz CT molecular complexity index is 365. The average Bonchev–Trinajstić information content (AvgIpc) is 2.70. The highest BCUT2D eigenvalue weighted by atomic mass is 16.4. The number of ketones is 1. The smallest absolute Gasteiger partial charge is 0.332 e. The SMILES string of the molecule is O=C1C=CC(C2NCCN2)=C(C(=O)O)C1. The van der Waals surface area contributed by atoms with E-state index in [4.69, 9.17) is 5.11 Å². The highest BCUT2D eigenvalue weighted by Crippen LogP contribution is 2.20. The Morgan fingerprint density at radius 2 is 2.00 bits per heavy atom. The van der Waals surface area contributed by atoms with Gasteiger partial charge in [-0.05, 0) is 11.6 Å². The molecule has 80 valence electrons. The molecule has 15 heavy (non-hydrogen) atoms. The largest absolute Gasteiger partial charge is 0.478 e. The van der Waals surface area contributed by atoms with Gasteiger partial charge in [-0.25, -0.2) is 4.79 Å². The van der Waals surface area contributed by atoms with Gasteiger partial charge in [0.1, 0.15) is 0 Å². The van der Waals surface area contributed by atoms with Crippen LogP contribution in [0.3, 0.4) is 0 Å². The fourth-order valence-electron chi connectivity index (χ4n) is 1.81. The quantitative estimate of drug-likeness (QED) is 0.565. The molecule has 3 N–H and O–H groups in total. The molecular formula is C10H12N2O3. The van der Waals surface area contributed by atoms with Gasteiger partial charge in [0, 0.05) is 19.5 Å².